The molecule has 24 heavy (non-hydrogen) atoms. The Labute approximate surface area is 138 Å². The van der Waals surface area contributed by atoms with E-state index in [0.29, 0.717) is 25.3 Å². The lowest BCUT2D eigenvalue weighted by Crippen LogP contribution is -2.30. The van der Waals surface area contributed by atoms with Gasteiger partial charge in [-0.1, -0.05) is 0 Å². The number of nitrogens with zero attached hydrogens (tertiary/aromatic N) is 2. The number of nitrogens with one attached hydrogen (secondary N) is 2. The first kappa shape index (κ1) is 16.3. The number of hydrogen-bond acceptors (Lipinski definition) is 4. The van der Waals surface area contributed by atoms with Crippen LogP contribution in [0.15, 0.2) is 30.3 Å². The summed E-state index contributed by atoms with van der Waals surface area (Å²) in [5.41, 5.74) is 1.11. The number of hydrogen-bond donors (Lipinski definition) is 2. The lowest BCUT2D eigenvalue weighted by Gasteiger charge is -2.07. The molecular formula is C17H18F2N4O. The number of halogens is 2. The molecule has 126 valence electrons. The highest BCUT2D eigenvalue weighted by atomic mass is 19.1. The first-order chi connectivity index (χ1) is 11.5. The van der Waals surface area contributed by atoms with Crippen LogP contribution in [-0.2, 0) is 4.79 Å². The Bertz CT molecular complexity index is 736. The Morgan fingerprint density at radius 3 is 2.79 bits per heavy atom. The van der Waals surface area contributed by atoms with Crippen molar-refractivity contribution in [3.05, 3.63) is 53.2 Å². The largest absolute Gasteiger partial charge is 0.367 e. The van der Waals surface area contributed by atoms with Crippen molar-refractivity contribution in [1.29, 1.82) is 0 Å². The minimum absolute atomic E-state index is 0.138. The zero-order valence-electron chi connectivity index (χ0n) is 13.2. The summed E-state index contributed by atoms with van der Waals surface area (Å²) < 4.78 is 26.9. The monoisotopic (exact) mass is 332 g/mol. The number of aryl methyl sites for hydroxylation is 1. The quantitative estimate of drug-likeness (QED) is 0.797. The van der Waals surface area contributed by atoms with E-state index in [1.807, 2.05) is 19.1 Å². The minimum Gasteiger partial charge on any atom is -0.367 e. The number of carbonyl (C=O) groups is 1. The summed E-state index contributed by atoms with van der Waals surface area (Å²) in [5, 5.41) is 13.7. The average molecular weight is 332 g/mol. The summed E-state index contributed by atoms with van der Waals surface area (Å²) in [5.74, 6) is -0.976. The Morgan fingerprint density at radius 1 is 1.21 bits per heavy atom. The van der Waals surface area contributed by atoms with Gasteiger partial charge in [0.2, 0.25) is 5.91 Å². The third-order valence-corrected chi connectivity index (χ3v) is 4.01. The van der Waals surface area contributed by atoms with Gasteiger partial charge in [-0.2, -0.15) is 5.10 Å². The van der Waals surface area contributed by atoms with E-state index in [0.717, 1.165) is 17.8 Å². The number of anilines is 1. The van der Waals surface area contributed by atoms with Crippen molar-refractivity contribution < 1.29 is 13.6 Å². The molecule has 3 rings (SSSR count). The van der Waals surface area contributed by atoms with Crippen molar-refractivity contribution in [3.8, 4) is 0 Å². The normalized spacial score (nSPS) is 19.0. The zero-order chi connectivity index (χ0) is 17.1. The van der Waals surface area contributed by atoms with Gasteiger partial charge >= 0.3 is 0 Å². The van der Waals surface area contributed by atoms with Gasteiger partial charge in [0.05, 0.1) is 5.69 Å². The molecule has 0 bridgehead atoms. The third kappa shape index (κ3) is 3.84. The molecule has 0 radical (unpaired) electrons. The highest BCUT2D eigenvalue weighted by Crippen LogP contribution is 2.48. The van der Waals surface area contributed by atoms with Gasteiger partial charge in [-0.25, -0.2) is 8.78 Å². The molecule has 2 atom stereocenters. The van der Waals surface area contributed by atoms with Crippen molar-refractivity contribution in [3.63, 3.8) is 0 Å². The lowest BCUT2D eigenvalue weighted by molar-refractivity contribution is -0.122. The van der Waals surface area contributed by atoms with Crippen molar-refractivity contribution >= 4 is 11.7 Å². The van der Waals surface area contributed by atoms with Crippen LogP contribution >= 0.6 is 0 Å². The van der Waals surface area contributed by atoms with Crippen LogP contribution in [0.1, 0.15) is 23.6 Å². The van der Waals surface area contributed by atoms with Gasteiger partial charge in [-0.05, 0) is 55.2 Å². The van der Waals surface area contributed by atoms with Gasteiger partial charge in [0, 0.05) is 19.0 Å². The van der Waals surface area contributed by atoms with Crippen molar-refractivity contribution in [2.24, 2.45) is 5.92 Å². The highest BCUT2D eigenvalue weighted by molar-refractivity contribution is 5.82. The zero-order valence-corrected chi connectivity index (χ0v) is 13.2. The molecule has 1 heterocycles. The van der Waals surface area contributed by atoms with Crippen LogP contribution in [0.2, 0.25) is 0 Å². The van der Waals surface area contributed by atoms with E-state index in [-0.39, 0.29) is 23.3 Å². The summed E-state index contributed by atoms with van der Waals surface area (Å²) in [4.78, 5) is 12.1. The molecule has 1 aliphatic rings. The number of benzene rings is 1. The van der Waals surface area contributed by atoms with Crippen molar-refractivity contribution in [2.45, 2.75) is 19.3 Å². The molecule has 1 fully saturated rings. The summed E-state index contributed by atoms with van der Waals surface area (Å²) in [6.07, 6.45) is 0.545. The third-order valence-electron chi connectivity index (χ3n) is 4.01. The minimum atomic E-state index is -0.485. The summed E-state index contributed by atoms with van der Waals surface area (Å²) in [6, 6.07) is 7.01. The van der Waals surface area contributed by atoms with Crippen LogP contribution in [0.4, 0.5) is 14.6 Å². The van der Waals surface area contributed by atoms with Gasteiger partial charge < -0.3 is 10.6 Å². The Balaban J connectivity index is 1.43. The summed E-state index contributed by atoms with van der Waals surface area (Å²) in [6.45, 7) is 2.78. The van der Waals surface area contributed by atoms with Crippen LogP contribution in [0.25, 0.3) is 0 Å². The van der Waals surface area contributed by atoms with Crippen LogP contribution in [0, 0.1) is 24.5 Å². The molecule has 0 unspecified atom stereocenters. The maximum absolute atomic E-state index is 13.7. The molecule has 0 saturated heterocycles. The first-order valence-corrected chi connectivity index (χ1v) is 7.81. The van der Waals surface area contributed by atoms with Crippen molar-refractivity contribution in [2.75, 3.05) is 18.4 Å². The second-order valence-electron chi connectivity index (χ2n) is 5.89. The fourth-order valence-electron chi connectivity index (χ4n) is 2.63. The molecular weight excluding hydrogens is 314 g/mol. The Morgan fingerprint density at radius 2 is 2.04 bits per heavy atom. The molecule has 2 N–H and O–H groups in total. The standard InChI is InChI=1S/C17H18F2N4O/c1-10-2-5-16(23-22-10)20-6-7-21-17(24)14-9-12(14)13-8-11(18)3-4-15(13)19/h2-5,8,12,14H,6-7,9H2,1H3,(H,20,23)(H,21,24)/t12-,14-/m0/s1. The van der Waals surface area contributed by atoms with E-state index >= 15 is 0 Å². The Hall–Kier alpha value is -2.57. The second kappa shape index (κ2) is 6.90. The van der Waals surface area contributed by atoms with Crippen LogP contribution < -0.4 is 10.6 Å². The Kier molecular flexibility index (Phi) is 4.69. The fraction of sp³-hybridized carbons (Fsp3) is 0.353. The molecule has 2 aromatic rings. The van der Waals surface area contributed by atoms with E-state index in [1.54, 1.807) is 0 Å². The van der Waals surface area contributed by atoms with Gasteiger partial charge in [-0.3, -0.25) is 4.79 Å². The van der Waals surface area contributed by atoms with E-state index in [1.165, 1.54) is 6.07 Å². The predicted molar refractivity (Wildman–Crippen MR) is 85.5 cm³/mol. The maximum Gasteiger partial charge on any atom is 0.223 e. The van der Waals surface area contributed by atoms with E-state index in [2.05, 4.69) is 20.8 Å². The number of rotatable bonds is 6. The van der Waals surface area contributed by atoms with E-state index < -0.39 is 11.6 Å². The number of aromatic nitrogens is 2. The smallest absolute Gasteiger partial charge is 0.223 e. The summed E-state index contributed by atoms with van der Waals surface area (Å²) >= 11 is 0. The van der Waals surface area contributed by atoms with Crippen molar-refractivity contribution in [1.82, 2.24) is 15.5 Å². The highest BCUT2D eigenvalue weighted by Gasteiger charge is 2.45. The van der Waals surface area contributed by atoms with Crippen LogP contribution in [0.3, 0.4) is 0 Å². The molecule has 0 spiro atoms. The maximum atomic E-state index is 13.7. The van der Waals surface area contributed by atoms with Crippen LogP contribution in [0.5, 0.6) is 0 Å². The number of carbonyl (C=O) groups excluding carboxylic acids is 1. The predicted octanol–water partition coefficient (Wildman–Crippen LogP) is 2.40. The van der Waals surface area contributed by atoms with E-state index in [9.17, 15) is 13.6 Å². The molecule has 5 nitrogen and oxygen atoms in total. The average Bonchev–Trinajstić information content (AvgIpc) is 3.36. The van der Waals surface area contributed by atoms with Gasteiger partial charge in [0.1, 0.15) is 17.5 Å². The van der Waals surface area contributed by atoms with Gasteiger partial charge in [0.15, 0.2) is 0 Å². The molecule has 1 aromatic carbocycles. The van der Waals surface area contributed by atoms with Crippen LogP contribution in [-0.4, -0.2) is 29.2 Å². The molecule has 1 aliphatic carbocycles. The summed E-state index contributed by atoms with van der Waals surface area (Å²) in [7, 11) is 0. The molecule has 1 amide bonds. The topological polar surface area (TPSA) is 66.9 Å². The molecule has 7 heteroatoms. The van der Waals surface area contributed by atoms with Gasteiger partial charge in [0.25, 0.3) is 0 Å². The van der Waals surface area contributed by atoms with Gasteiger partial charge in [-0.15, -0.1) is 5.10 Å². The SMILES string of the molecule is Cc1ccc(NCCNC(=O)[C@H]2C[C@H]2c2cc(F)ccc2F)nn1. The molecule has 1 aromatic heterocycles. The molecule has 1 saturated carbocycles. The first-order valence-electron chi connectivity index (χ1n) is 7.81. The second-order valence-corrected chi connectivity index (χ2v) is 5.89. The molecule has 0 aliphatic heterocycles. The lowest BCUT2D eigenvalue weighted by atomic mass is 10.1. The number of amides is 1. The van der Waals surface area contributed by atoms with E-state index in [4.69, 9.17) is 0 Å². The fourth-order valence-corrected chi connectivity index (χ4v) is 2.63.